The Morgan fingerprint density at radius 1 is 1.13 bits per heavy atom. The molecule has 1 aliphatic carbocycles. The fourth-order valence-corrected chi connectivity index (χ4v) is 2.78. The molecule has 82 valence electrons. The van der Waals surface area contributed by atoms with Crippen molar-refractivity contribution in [2.24, 2.45) is 0 Å². The average molecular weight is 205 g/mol. The van der Waals surface area contributed by atoms with Crippen molar-refractivity contribution in [2.45, 2.75) is 43.9 Å². The molecule has 2 aliphatic rings. The van der Waals surface area contributed by atoms with Crippen LogP contribution in [-0.4, -0.2) is 23.3 Å². The second-order valence-electron chi connectivity index (χ2n) is 4.91. The number of aromatic nitrogens is 2. The molecule has 2 heterocycles. The molecule has 1 aromatic heterocycles. The smallest absolute Gasteiger partial charge is 0.0525 e. The topological polar surface area (TPSA) is 40.7 Å². The Bertz CT molecular complexity index is 321. The van der Waals surface area contributed by atoms with Gasteiger partial charge < -0.3 is 5.32 Å². The maximum Gasteiger partial charge on any atom is 0.0525 e. The van der Waals surface area contributed by atoms with E-state index < -0.39 is 0 Å². The van der Waals surface area contributed by atoms with Crippen LogP contribution in [0.2, 0.25) is 0 Å². The predicted octanol–water partition coefficient (Wildman–Crippen LogP) is 2.14. The minimum atomic E-state index is 0.678. The standard InChI is InChI=1S/C12H19N3/c1-3-9(4-1)11-8-14-15-12(11)10-5-2-6-13-7-10/h8-10,13H,1-7H2,(H,14,15). The van der Waals surface area contributed by atoms with E-state index in [2.05, 4.69) is 21.7 Å². The molecule has 0 spiro atoms. The minimum absolute atomic E-state index is 0.678. The number of nitrogens with one attached hydrogen (secondary N) is 2. The van der Waals surface area contributed by atoms with E-state index in [9.17, 15) is 0 Å². The van der Waals surface area contributed by atoms with Crippen LogP contribution in [0.15, 0.2) is 6.20 Å². The monoisotopic (exact) mass is 205 g/mol. The number of hydrogen-bond acceptors (Lipinski definition) is 2. The second-order valence-corrected chi connectivity index (χ2v) is 4.91. The van der Waals surface area contributed by atoms with Crippen molar-refractivity contribution in [2.75, 3.05) is 13.1 Å². The Morgan fingerprint density at radius 3 is 2.67 bits per heavy atom. The predicted molar refractivity (Wildman–Crippen MR) is 60.0 cm³/mol. The summed E-state index contributed by atoms with van der Waals surface area (Å²) in [5.74, 6) is 1.48. The van der Waals surface area contributed by atoms with Crippen LogP contribution in [0.3, 0.4) is 0 Å². The van der Waals surface area contributed by atoms with E-state index in [-0.39, 0.29) is 0 Å². The van der Waals surface area contributed by atoms with E-state index in [0.717, 1.165) is 12.5 Å². The summed E-state index contributed by atoms with van der Waals surface area (Å²) in [6.07, 6.45) is 8.81. The van der Waals surface area contributed by atoms with Crippen molar-refractivity contribution in [3.63, 3.8) is 0 Å². The zero-order valence-corrected chi connectivity index (χ0v) is 9.13. The van der Waals surface area contributed by atoms with E-state index in [1.165, 1.54) is 49.9 Å². The molecule has 3 heteroatoms. The van der Waals surface area contributed by atoms with Crippen LogP contribution in [0.4, 0.5) is 0 Å². The van der Waals surface area contributed by atoms with E-state index in [1.54, 1.807) is 0 Å². The normalized spacial score (nSPS) is 27.6. The van der Waals surface area contributed by atoms with Gasteiger partial charge in [0.15, 0.2) is 0 Å². The highest BCUT2D eigenvalue weighted by Gasteiger charge is 2.27. The molecule has 1 saturated heterocycles. The molecule has 1 atom stereocenters. The highest BCUT2D eigenvalue weighted by Crippen LogP contribution is 2.39. The number of piperidine rings is 1. The molecule has 0 amide bonds. The molecule has 3 rings (SSSR count). The molecule has 0 aromatic carbocycles. The number of hydrogen-bond donors (Lipinski definition) is 2. The lowest BCUT2D eigenvalue weighted by Gasteiger charge is -2.29. The average Bonchev–Trinajstić information content (AvgIpc) is 2.65. The summed E-state index contributed by atoms with van der Waals surface area (Å²) < 4.78 is 0. The lowest BCUT2D eigenvalue weighted by Crippen LogP contribution is -2.29. The first-order chi connectivity index (χ1) is 7.45. The highest BCUT2D eigenvalue weighted by atomic mass is 15.1. The summed E-state index contributed by atoms with van der Waals surface area (Å²) in [6, 6.07) is 0. The summed E-state index contributed by atoms with van der Waals surface area (Å²) in [6.45, 7) is 2.31. The van der Waals surface area contributed by atoms with Gasteiger partial charge in [-0.3, -0.25) is 5.10 Å². The Hall–Kier alpha value is -0.830. The van der Waals surface area contributed by atoms with Crippen LogP contribution in [-0.2, 0) is 0 Å². The van der Waals surface area contributed by atoms with Gasteiger partial charge in [-0.25, -0.2) is 0 Å². The Balaban J connectivity index is 1.80. The molecule has 3 nitrogen and oxygen atoms in total. The highest BCUT2D eigenvalue weighted by molar-refractivity contribution is 5.27. The third kappa shape index (κ3) is 1.69. The molecule has 0 radical (unpaired) electrons. The van der Waals surface area contributed by atoms with E-state index >= 15 is 0 Å². The summed E-state index contributed by atoms with van der Waals surface area (Å²) in [7, 11) is 0. The van der Waals surface area contributed by atoms with E-state index in [4.69, 9.17) is 0 Å². The first-order valence-electron chi connectivity index (χ1n) is 6.19. The molecule has 15 heavy (non-hydrogen) atoms. The fraction of sp³-hybridized carbons (Fsp3) is 0.750. The zero-order chi connectivity index (χ0) is 10.1. The van der Waals surface area contributed by atoms with Gasteiger partial charge in [0.05, 0.1) is 6.20 Å². The Kier molecular flexibility index (Phi) is 2.49. The third-order valence-electron chi connectivity index (χ3n) is 3.95. The summed E-state index contributed by atoms with van der Waals surface area (Å²) >= 11 is 0. The number of H-pyrrole nitrogens is 1. The van der Waals surface area contributed by atoms with Gasteiger partial charge in [-0.05, 0) is 43.7 Å². The Labute approximate surface area is 90.7 Å². The molecule has 2 N–H and O–H groups in total. The van der Waals surface area contributed by atoms with Crippen molar-refractivity contribution in [1.82, 2.24) is 15.5 Å². The quantitative estimate of drug-likeness (QED) is 0.776. The first-order valence-corrected chi connectivity index (χ1v) is 6.19. The van der Waals surface area contributed by atoms with Crippen LogP contribution in [0.5, 0.6) is 0 Å². The molecule has 1 aromatic rings. The van der Waals surface area contributed by atoms with Crippen LogP contribution < -0.4 is 5.32 Å². The van der Waals surface area contributed by atoms with Crippen LogP contribution >= 0.6 is 0 Å². The summed E-state index contributed by atoms with van der Waals surface area (Å²) in [4.78, 5) is 0. The molecule has 1 unspecified atom stereocenters. The van der Waals surface area contributed by atoms with Crippen LogP contribution in [0, 0.1) is 0 Å². The molecular formula is C12H19N3. The third-order valence-corrected chi connectivity index (χ3v) is 3.95. The van der Waals surface area contributed by atoms with Crippen molar-refractivity contribution in [1.29, 1.82) is 0 Å². The summed E-state index contributed by atoms with van der Waals surface area (Å²) in [5, 5.41) is 11.0. The van der Waals surface area contributed by atoms with Gasteiger partial charge in [0.1, 0.15) is 0 Å². The van der Waals surface area contributed by atoms with Crippen molar-refractivity contribution in [3.05, 3.63) is 17.5 Å². The molecule has 0 bridgehead atoms. The van der Waals surface area contributed by atoms with Crippen molar-refractivity contribution >= 4 is 0 Å². The summed E-state index contributed by atoms with van der Waals surface area (Å²) in [5.41, 5.74) is 2.93. The Morgan fingerprint density at radius 2 is 2.00 bits per heavy atom. The van der Waals surface area contributed by atoms with E-state index in [1.807, 2.05) is 0 Å². The van der Waals surface area contributed by atoms with Crippen LogP contribution in [0.1, 0.15) is 55.2 Å². The van der Waals surface area contributed by atoms with Gasteiger partial charge in [0.2, 0.25) is 0 Å². The largest absolute Gasteiger partial charge is 0.316 e. The van der Waals surface area contributed by atoms with Gasteiger partial charge in [0, 0.05) is 18.2 Å². The second kappa shape index (κ2) is 3.97. The van der Waals surface area contributed by atoms with Gasteiger partial charge in [-0.1, -0.05) is 6.42 Å². The van der Waals surface area contributed by atoms with Crippen LogP contribution in [0.25, 0.3) is 0 Å². The first kappa shape index (κ1) is 9.40. The molecular weight excluding hydrogens is 186 g/mol. The molecule has 1 aliphatic heterocycles. The number of rotatable bonds is 2. The van der Waals surface area contributed by atoms with E-state index in [0.29, 0.717) is 5.92 Å². The zero-order valence-electron chi connectivity index (χ0n) is 9.13. The maximum atomic E-state index is 4.25. The molecule has 2 fully saturated rings. The fourth-order valence-electron chi connectivity index (χ4n) is 2.78. The van der Waals surface area contributed by atoms with Crippen molar-refractivity contribution in [3.8, 4) is 0 Å². The van der Waals surface area contributed by atoms with Gasteiger partial charge in [-0.2, -0.15) is 5.10 Å². The minimum Gasteiger partial charge on any atom is -0.316 e. The van der Waals surface area contributed by atoms with Gasteiger partial charge in [-0.15, -0.1) is 0 Å². The number of aromatic amines is 1. The lowest BCUT2D eigenvalue weighted by molar-refractivity contribution is 0.404. The van der Waals surface area contributed by atoms with Crippen molar-refractivity contribution < 1.29 is 0 Å². The van der Waals surface area contributed by atoms with Gasteiger partial charge >= 0.3 is 0 Å². The number of nitrogens with zero attached hydrogens (tertiary/aromatic N) is 1. The molecule has 1 saturated carbocycles. The lowest BCUT2D eigenvalue weighted by atomic mass is 9.78. The van der Waals surface area contributed by atoms with Gasteiger partial charge in [0.25, 0.3) is 0 Å². The SMILES string of the molecule is c1n[nH]c(C2CCCNC2)c1C1CCC1. The maximum absolute atomic E-state index is 4.25.